The predicted octanol–water partition coefficient (Wildman–Crippen LogP) is 3.20. The highest BCUT2D eigenvalue weighted by atomic mass is 16.3. The van der Waals surface area contributed by atoms with Crippen LogP contribution in [0.3, 0.4) is 0 Å². The van der Waals surface area contributed by atoms with Gasteiger partial charge in [0.25, 0.3) is 5.91 Å². The van der Waals surface area contributed by atoms with E-state index in [-0.39, 0.29) is 5.91 Å². The Labute approximate surface area is 114 Å². The van der Waals surface area contributed by atoms with Gasteiger partial charge in [-0.2, -0.15) is 0 Å². The summed E-state index contributed by atoms with van der Waals surface area (Å²) in [6.07, 6.45) is 7.22. The van der Waals surface area contributed by atoms with Crippen molar-refractivity contribution < 1.29 is 9.90 Å². The summed E-state index contributed by atoms with van der Waals surface area (Å²) in [6, 6.07) is 7.64. The van der Waals surface area contributed by atoms with Gasteiger partial charge in [-0.1, -0.05) is 44.4 Å². The molecule has 1 heterocycles. The molecule has 2 rings (SSSR count). The Hall–Kier alpha value is -1.61. The van der Waals surface area contributed by atoms with Crippen LogP contribution >= 0.6 is 0 Å². The molecule has 102 valence electrons. The highest BCUT2D eigenvalue weighted by molar-refractivity contribution is 6.04. The number of aliphatic hydroxyl groups is 1. The Morgan fingerprint density at radius 1 is 1.26 bits per heavy atom. The third-order valence-corrected chi connectivity index (χ3v) is 3.49. The van der Waals surface area contributed by atoms with Crippen molar-refractivity contribution in [1.82, 2.24) is 0 Å². The zero-order chi connectivity index (χ0) is 13.7. The Bertz CT molecular complexity index is 450. The van der Waals surface area contributed by atoms with Crippen molar-refractivity contribution in [2.75, 3.05) is 11.4 Å². The van der Waals surface area contributed by atoms with Crippen molar-refractivity contribution in [3.8, 4) is 0 Å². The lowest BCUT2D eigenvalue weighted by molar-refractivity contribution is -0.113. The van der Waals surface area contributed by atoms with Gasteiger partial charge in [0.15, 0.2) is 0 Å². The summed E-state index contributed by atoms with van der Waals surface area (Å²) >= 11 is 0. The number of amides is 1. The van der Waals surface area contributed by atoms with Crippen molar-refractivity contribution in [2.45, 2.75) is 38.7 Å². The molecule has 19 heavy (non-hydrogen) atoms. The fraction of sp³-hybridized carbons (Fsp3) is 0.438. The minimum atomic E-state index is -0.395. The molecule has 0 spiro atoms. The molecule has 0 aliphatic carbocycles. The molecule has 0 bridgehead atoms. The van der Waals surface area contributed by atoms with Gasteiger partial charge in [0.2, 0.25) is 0 Å². The monoisotopic (exact) mass is 259 g/mol. The summed E-state index contributed by atoms with van der Waals surface area (Å²) in [5.74, 6) is 0.0243. The Morgan fingerprint density at radius 3 is 2.58 bits per heavy atom. The van der Waals surface area contributed by atoms with Gasteiger partial charge in [0.05, 0.1) is 6.10 Å². The highest BCUT2D eigenvalue weighted by Gasteiger charge is 2.16. The van der Waals surface area contributed by atoms with Gasteiger partial charge in [-0.25, -0.2) is 0 Å². The lowest BCUT2D eigenvalue weighted by Crippen LogP contribution is -2.24. The summed E-state index contributed by atoms with van der Waals surface area (Å²) in [5, 5.41) is 10.1. The quantitative estimate of drug-likeness (QED) is 0.797. The second-order valence-electron chi connectivity index (χ2n) is 4.95. The van der Waals surface area contributed by atoms with Gasteiger partial charge < -0.3 is 10.0 Å². The molecular formula is C16H21NO2. The van der Waals surface area contributed by atoms with E-state index in [1.807, 2.05) is 30.3 Å². The third kappa shape index (κ3) is 3.44. The van der Waals surface area contributed by atoms with Gasteiger partial charge >= 0.3 is 0 Å². The van der Waals surface area contributed by atoms with Crippen LogP contribution in [0.25, 0.3) is 0 Å². The fourth-order valence-corrected chi connectivity index (χ4v) is 2.30. The molecule has 1 aromatic carbocycles. The van der Waals surface area contributed by atoms with Crippen LogP contribution in [0.4, 0.5) is 5.69 Å². The lowest BCUT2D eigenvalue weighted by Gasteiger charge is -2.17. The number of anilines is 1. The SMILES string of the molecule is CCCCC[C@@H](O)c1ccc(N2CC=CC2=O)cc1. The predicted molar refractivity (Wildman–Crippen MR) is 77.0 cm³/mol. The van der Waals surface area contributed by atoms with Crippen LogP contribution in [0.15, 0.2) is 36.4 Å². The average Bonchev–Trinajstić information content (AvgIpc) is 2.85. The number of unbranched alkanes of at least 4 members (excludes halogenated alkanes) is 2. The van der Waals surface area contributed by atoms with E-state index in [0.29, 0.717) is 6.54 Å². The molecule has 1 aliphatic heterocycles. The smallest absolute Gasteiger partial charge is 0.251 e. The van der Waals surface area contributed by atoms with E-state index in [4.69, 9.17) is 0 Å². The van der Waals surface area contributed by atoms with E-state index in [2.05, 4.69) is 6.92 Å². The first-order valence-corrected chi connectivity index (χ1v) is 6.98. The van der Waals surface area contributed by atoms with Crippen molar-refractivity contribution in [1.29, 1.82) is 0 Å². The van der Waals surface area contributed by atoms with Crippen molar-refractivity contribution >= 4 is 11.6 Å². The van der Waals surface area contributed by atoms with E-state index < -0.39 is 6.10 Å². The number of aliphatic hydroxyl groups excluding tert-OH is 1. The van der Waals surface area contributed by atoms with E-state index in [1.165, 1.54) is 0 Å². The first-order chi connectivity index (χ1) is 9.22. The van der Waals surface area contributed by atoms with Crippen LogP contribution in [0.1, 0.15) is 44.3 Å². The average molecular weight is 259 g/mol. The maximum atomic E-state index is 11.6. The van der Waals surface area contributed by atoms with Crippen LogP contribution in [0.2, 0.25) is 0 Å². The van der Waals surface area contributed by atoms with Gasteiger partial charge in [0.1, 0.15) is 0 Å². The Morgan fingerprint density at radius 2 is 2.00 bits per heavy atom. The van der Waals surface area contributed by atoms with Crippen LogP contribution in [-0.4, -0.2) is 17.6 Å². The Kier molecular flexibility index (Phi) is 4.74. The summed E-state index contributed by atoms with van der Waals surface area (Å²) in [6.45, 7) is 2.79. The first-order valence-electron chi connectivity index (χ1n) is 6.98. The molecule has 0 radical (unpaired) electrons. The minimum absolute atomic E-state index is 0.0243. The molecule has 3 heteroatoms. The number of benzene rings is 1. The minimum Gasteiger partial charge on any atom is -0.388 e. The number of rotatable bonds is 6. The molecule has 1 aliphatic rings. The van der Waals surface area contributed by atoms with Gasteiger partial charge in [-0.05, 0) is 24.1 Å². The number of nitrogens with zero attached hydrogens (tertiary/aromatic N) is 1. The summed E-state index contributed by atoms with van der Waals surface area (Å²) in [4.78, 5) is 13.3. The van der Waals surface area contributed by atoms with E-state index in [1.54, 1.807) is 11.0 Å². The molecule has 1 atom stereocenters. The maximum Gasteiger partial charge on any atom is 0.251 e. The molecule has 1 aromatic rings. The van der Waals surface area contributed by atoms with Crippen molar-refractivity contribution in [2.24, 2.45) is 0 Å². The molecule has 3 nitrogen and oxygen atoms in total. The zero-order valence-corrected chi connectivity index (χ0v) is 11.4. The second-order valence-corrected chi connectivity index (χ2v) is 4.95. The molecule has 0 saturated carbocycles. The van der Waals surface area contributed by atoms with Crippen LogP contribution in [-0.2, 0) is 4.79 Å². The summed E-state index contributed by atoms with van der Waals surface area (Å²) < 4.78 is 0. The van der Waals surface area contributed by atoms with E-state index in [9.17, 15) is 9.90 Å². The van der Waals surface area contributed by atoms with Crippen LogP contribution in [0, 0.1) is 0 Å². The van der Waals surface area contributed by atoms with Gasteiger partial charge in [-0.3, -0.25) is 4.79 Å². The number of carbonyl (C=O) groups is 1. The largest absolute Gasteiger partial charge is 0.388 e. The topological polar surface area (TPSA) is 40.5 Å². The Balaban J connectivity index is 1.96. The van der Waals surface area contributed by atoms with Gasteiger partial charge in [-0.15, -0.1) is 0 Å². The van der Waals surface area contributed by atoms with E-state index >= 15 is 0 Å². The molecule has 0 fully saturated rings. The molecule has 0 saturated heterocycles. The summed E-state index contributed by atoms with van der Waals surface area (Å²) in [5.41, 5.74) is 1.82. The van der Waals surface area contributed by atoms with E-state index in [0.717, 1.165) is 36.9 Å². The van der Waals surface area contributed by atoms with Crippen molar-refractivity contribution in [3.63, 3.8) is 0 Å². The van der Waals surface area contributed by atoms with Crippen LogP contribution in [0.5, 0.6) is 0 Å². The second kappa shape index (κ2) is 6.53. The number of hydrogen-bond donors (Lipinski definition) is 1. The molecule has 0 unspecified atom stereocenters. The lowest BCUT2D eigenvalue weighted by atomic mass is 10.0. The molecule has 0 aromatic heterocycles. The zero-order valence-electron chi connectivity index (χ0n) is 11.4. The maximum absolute atomic E-state index is 11.6. The number of hydrogen-bond acceptors (Lipinski definition) is 2. The highest BCUT2D eigenvalue weighted by Crippen LogP contribution is 2.24. The molecule has 1 amide bonds. The van der Waals surface area contributed by atoms with Crippen LogP contribution < -0.4 is 4.90 Å². The number of carbonyl (C=O) groups excluding carboxylic acids is 1. The van der Waals surface area contributed by atoms with Gasteiger partial charge in [0, 0.05) is 18.3 Å². The molecule has 1 N–H and O–H groups in total. The van der Waals surface area contributed by atoms with Crippen molar-refractivity contribution in [3.05, 3.63) is 42.0 Å². The fourth-order valence-electron chi connectivity index (χ4n) is 2.30. The normalized spacial score (nSPS) is 16.1. The first kappa shape index (κ1) is 13.8. The third-order valence-electron chi connectivity index (χ3n) is 3.49. The standard InChI is InChI=1S/C16H21NO2/c1-2-3-4-6-15(18)13-8-10-14(11-9-13)17-12-5-7-16(17)19/h5,7-11,15,18H,2-4,6,12H2,1H3/t15-/m1/s1. The molecular weight excluding hydrogens is 238 g/mol. The summed E-state index contributed by atoms with van der Waals surface area (Å²) in [7, 11) is 0.